The van der Waals surface area contributed by atoms with E-state index in [2.05, 4.69) is 37.4 Å². The van der Waals surface area contributed by atoms with Crippen molar-refractivity contribution in [3.05, 3.63) is 64.7 Å². The molecule has 0 saturated heterocycles. The summed E-state index contributed by atoms with van der Waals surface area (Å²) in [4.78, 5) is 0. The van der Waals surface area contributed by atoms with E-state index in [-0.39, 0.29) is 6.04 Å². The maximum atomic E-state index is 9.34. The molecule has 0 aliphatic rings. The molecule has 1 N–H and O–H groups in total. The summed E-state index contributed by atoms with van der Waals surface area (Å²) in [6.45, 7) is 4.31. The summed E-state index contributed by atoms with van der Waals surface area (Å²) in [5.74, 6) is 0.491. The number of anilines is 1. The van der Waals surface area contributed by atoms with Crippen molar-refractivity contribution in [1.82, 2.24) is 0 Å². The van der Waals surface area contributed by atoms with E-state index in [1.807, 2.05) is 36.4 Å². The van der Waals surface area contributed by atoms with E-state index in [1.54, 1.807) is 0 Å². The van der Waals surface area contributed by atoms with E-state index in [0.717, 1.165) is 11.3 Å². The minimum absolute atomic E-state index is 0.380. The second-order valence-corrected chi connectivity index (χ2v) is 5.47. The van der Waals surface area contributed by atoms with Crippen molar-refractivity contribution in [1.29, 1.82) is 5.26 Å². The Morgan fingerprint density at radius 1 is 1.05 bits per heavy atom. The van der Waals surface area contributed by atoms with Crippen LogP contribution in [0.5, 0.6) is 0 Å². The van der Waals surface area contributed by atoms with Crippen LogP contribution in [0.1, 0.15) is 36.9 Å². The molecule has 102 valence electrons. The van der Waals surface area contributed by atoms with Crippen LogP contribution in [0.2, 0.25) is 5.02 Å². The highest BCUT2D eigenvalue weighted by atomic mass is 35.5. The fourth-order valence-corrected chi connectivity index (χ4v) is 2.20. The van der Waals surface area contributed by atoms with Gasteiger partial charge < -0.3 is 5.32 Å². The van der Waals surface area contributed by atoms with E-state index in [1.165, 1.54) is 5.56 Å². The maximum absolute atomic E-state index is 9.34. The summed E-state index contributed by atoms with van der Waals surface area (Å²) in [6, 6.07) is 17.4. The summed E-state index contributed by atoms with van der Waals surface area (Å²) in [6.07, 6.45) is 0. The number of halogens is 1. The van der Waals surface area contributed by atoms with Crippen molar-refractivity contribution in [3.63, 3.8) is 0 Å². The third-order valence-electron chi connectivity index (χ3n) is 3.20. The van der Waals surface area contributed by atoms with Gasteiger partial charge in [0.2, 0.25) is 0 Å². The predicted molar refractivity (Wildman–Crippen MR) is 84.0 cm³/mol. The Labute approximate surface area is 125 Å². The van der Waals surface area contributed by atoms with Gasteiger partial charge in [-0.05, 0) is 35.2 Å². The van der Waals surface area contributed by atoms with E-state index < -0.39 is 0 Å². The van der Waals surface area contributed by atoms with Gasteiger partial charge in [-0.15, -0.1) is 0 Å². The van der Waals surface area contributed by atoms with Gasteiger partial charge in [0.15, 0.2) is 0 Å². The lowest BCUT2D eigenvalue weighted by molar-refractivity contribution is 0.863. The molecular weight excluding hydrogens is 268 g/mol. The lowest BCUT2D eigenvalue weighted by Gasteiger charge is -2.14. The van der Waals surface area contributed by atoms with Crippen LogP contribution in [0.4, 0.5) is 5.69 Å². The average molecular weight is 285 g/mol. The third-order valence-corrected chi connectivity index (χ3v) is 3.44. The van der Waals surface area contributed by atoms with E-state index >= 15 is 0 Å². The maximum Gasteiger partial charge on any atom is 0.140 e. The third kappa shape index (κ3) is 3.53. The quantitative estimate of drug-likeness (QED) is 0.844. The molecule has 0 aliphatic heterocycles. The molecule has 0 bridgehead atoms. The van der Waals surface area contributed by atoms with Crippen LogP contribution in [-0.4, -0.2) is 0 Å². The molecule has 0 saturated carbocycles. The van der Waals surface area contributed by atoms with E-state index in [4.69, 9.17) is 11.6 Å². The van der Waals surface area contributed by atoms with Crippen molar-refractivity contribution in [2.75, 3.05) is 5.32 Å². The molecule has 2 aromatic carbocycles. The molecule has 0 radical (unpaired) electrons. The Morgan fingerprint density at radius 3 is 2.25 bits per heavy atom. The van der Waals surface area contributed by atoms with Crippen molar-refractivity contribution < 1.29 is 0 Å². The lowest BCUT2D eigenvalue weighted by atomic mass is 9.99. The van der Waals surface area contributed by atoms with Crippen LogP contribution < -0.4 is 5.32 Å². The van der Waals surface area contributed by atoms with Gasteiger partial charge in [0, 0.05) is 10.7 Å². The Bertz CT molecular complexity index is 612. The Morgan fingerprint density at radius 2 is 1.70 bits per heavy atom. The van der Waals surface area contributed by atoms with Crippen LogP contribution in [0.25, 0.3) is 0 Å². The van der Waals surface area contributed by atoms with Crippen LogP contribution >= 0.6 is 11.6 Å². The standard InChI is InChI=1S/C17H17ClN2/c1-12(2)13-6-8-14(9-7-13)17(11-19)20-16-5-3-4-15(18)10-16/h3-10,12,17,20H,1-2H3. The first-order valence-electron chi connectivity index (χ1n) is 6.61. The normalized spacial score (nSPS) is 11.9. The van der Waals surface area contributed by atoms with Gasteiger partial charge >= 0.3 is 0 Å². The van der Waals surface area contributed by atoms with Gasteiger partial charge in [0.25, 0.3) is 0 Å². The van der Waals surface area contributed by atoms with Crippen molar-refractivity contribution >= 4 is 17.3 Å². The fraction of sp³-hybridized carbons (Fsp3) is 0.235. The number of hydrogen-bond donors (Lipinski definition) is 1. The number of nitriles is 1. The van der Waals surface area contributed by atoms with Crippen LogP contribution in [0, 0.1) is 11.3 Å². The SMILES string of the molecule is CC(C)c1ccc(C(C#N)Nc2cccc(Cl)c2)cc1. The molecule has 2 nitrogen and oxygen atoms in total. The smallest absolute Gasteiger partial charge is 0.140 e. The zero-order chi connectivity index (χ0) is 14.5. The van der Waals surface area contributed by atoms with Gasteiger partial charge in [-0.2, -0.15) is 5.26 Å². The highest BCUT2D eigenvalue weighted by Gasteiger charge is 2.10. The monoisotopic (exact) mass is 284 g/mol. The van der Waals surface area contributed by atoms with Crippen molar-refractivity contribution in [2.45, 2.75) is 25.8 Å². The molecule has 0 aliphatic carbocycles. The van der Waals surface area contributed by atoms with Crippen molar-refractivity contribution in [3.8, 4) is 6.07 Å². The topological polar surface area (TPSA) is 35.8 Å². The first-order valence-corrected chi connectivity index (χ1v) is 6.99. The molecule has 20 heavy (non-hydrogen) atoms. The Hall–Kier alpha value is -1.98. The molecule has 0 heterocycles. The highest BCUT2D eigenvalue weighted by molar-refractivity contribution is 6.30. The fourth-order valence-electron chi connectivity index (χ4n) is 2.01. The summed E-state index contributed by atoms with van der Waals surface area (Å²) < 4.78 is 0. The second-order valence-electron chi connectivity index (χ2n) is 5.04. The zero-order valence-electron chi connectivity index (χ0n) is 11.6. The first kappa shape index (κ1) is 14.4. The molecule has 2 aromatic rings. The number of hydrogen-bond acceptors (Lipinski definition) is 2. The predicted octanol–water partition coefficient (Wildman–Crippen LogP) is 5.14. The summed E-state index contributed by atoms with van der Waals surface area (Å²) in [5, 5.41) is 13.2. The van der Waals surface area contributed by atoms with Crippen LogP contribution in [-0.2, 0) is 0 Å². The van der Waals surface area contributed by atoms with Gasteiger partial charge in [0.05, 0.1) is 6.07 Å². The molecule has 0 fully saturated rings. The summed E-state index contributed by atoms with van der Waals surface area (Å²) in [5.41, 5.74) is 3.07. The van der Waals surface area contributed by atoms with E-state index in [9.17, 15) is 5.26 Å². The molecule has 1 atom stereocenters. The van der Waals surface area contributed by atoms with Crippen LogP contribution in [0.3, 0.4) is 0 Å². The van der Waals surface area contributed by atoms with E-state index in [0.29, 0.717) is 10.9 Å². The highest BCUT2D eigenvalue weighted by Crippen LogP contribution is 2.23. The second kappa shape index (κ2) is 6.45. The molecule has 1 unspecified atom stereocenters. The summed E-state index contributed by atoms with van der Waals surface area (Å²) in [7, 11) is 0. The summed E-state index contributed by atoms with van der Waals surface area (Å²) >= 11 is 5.95. The number of rotatable bonds is 4. The average Bonchev–Trinajstić information content (AvgIpc) is 2.45. The van der Waals surface area contributed by atoms with Crippen molar-refractivity contribution in [2.24, 2.45) is 0 Å². The molecule has 0 amide bonds. The minimum atomic E-state index is -0.380. The Kier molecular flexibility index (Phi) is 4.65. The largest absolute Gasteiger partial charge is 0.366 e. The van der Waals surface area contributed by atoms with Gasteiger partial charge in [-0.3, -0.25) is 0 Å². The zero-order valence-corrected chi connectivity index (χ0v) is 12.4. The molecular formula is C17H17ClN2. The number of nitrogens with one attached hydrogen (secondary N) is 1. The molecule has 0 spiro atoms. The number of nitrogens with zero attached hydrogens (tertiary/aromatic N) is 1. The van der Waals surface area contributed by atoms with Crippen LogP contribution in [0.15, 0.2) is 48.5 Å². The Balaban J connectivity index is 2.18. The first-order chi connectivity index (χ1) is 9.60. The number of benzene rings is 2. The van der Waals surface area contributed by atoms with Gasteiger partial charge in [-0.1, -0.05) is 55.8 Å². The molecule has 3 heteroatoms. The minimum Gasteiger partial charge on any atom is -0.366 e. The molecule has 2 rings (SSSR count). The lowest BCUT2D eigenvalue weighted by Crippen LogP contribution is -2.08. The molecule has 0 aromatic heterocycles. The van der Waals surface area contributed by atoms with Gasteiger partial charge in [-0.25, -0.2) is 0 Å². The van der Waals surface area contributed by atoms with Gasteiger partial charge in [0.1, 0.15) is 6.04 Å².